The van der Waals surface area contributed by atoms with Crippen molar-refractivity contribution in [1.82, 2.24) is 14.5 Å². The third-order valence-corrected chi connectivity index (χ3v) is 3.97. The molecule has 1 aromatic heterocycles. The van der Waals surface area contributed by atoms with Crippen LogP contribution in [-0.4, -0.2) is 19.9 Å². The van der Waals surface area contributed by atoms with Crippen molar-refractivity contribution in [2.75, 3.05) is 0 Å². The van der Waals surface area contributed by atoms with Gasteiger partial charge in [0.2, 0.25) is 0 Å². The van der Waals surface area contributed by atoms with E-state index in [1.165, 1.54) is 10.8 Å². The maximum Gasteiger partial charge on any atom is 0.258 e. The van der Waals surface area contributed by atoms with E-state index in [2.05, 4.69) is 9.82 Å². The van der Waals surface area contributed by atoms with Gasteiger partial charge in [-0.25, -0.2) is 8.89 Å². The summed E-state index contributed by atoms with van der Waals surface area (Å²) in [5.74, 6) is -0.376. The fourth-order valence-corrected chi connectivity index (χ4v) is 2.92. The zero-order chi connectivity index (χ0) is 12.9. The predicted molar refractivity (Wildman–Crippen MR) is 70.0 cm³/mol. The highest BCUT2D eigenvalue weighted by molar-refractivity contribution is 7.93. The zero-order valence-electron chi connectivity index (χ0n) is 9.31. The first kappa shape index (κ1) is 11.4. The van der Waals surface area contributed by atoms with Crippen LogP contribution in [0.3, 0.4) is 0 Å². The SMILES string of the molecule is Cc1nn(C2=CC(=O)NS2=O)c2ccc(Cl)cc12. The van der Waals surface area contributed by atoms with Gasteiger partial charge < -0.3 is 0 Å². The van der Waals surface area contributed by atoms with Crippen molar-refractivity contribution in [2.45, 2.75) is 6.92 Å². The highest BCUT2D eigenvalue weighted by atomic mass is 35.5. The summed E-state index contributed by atoms with van der Waals surface area (Å²) in [4.78, 5) is 11.2. The molecule has 2 aromatic rings. The Morgan fingerprint density at radius 3 is 2.89 bits per heavy atom. The van der Waals surface area contributed by atoms with Crippen molar-refractivity contribution in [1.29, 1.82) is 0 Å². The Hall–Kier alpha value is -1.66. The molecule has 0 aliphatic carbocycles. The van der Waals surface area contributed by atoms with Crippen molar-refractivity contribution in [3.8, 4) is 0 Å². The van der Waals surface area contributed by atoms with E-state index in [9.17, 15) is 9.00 Å². The smallest absolute Gasteiger partial charge is 0.258 e. The van der Waals surface area contributed by atoms with E-state index < -0.39 is 11.0 Å². The third-order valence-electron chi connectivity index (χ3n) is 2.67. The lowest BCUT2D eigenvalue weighted by atomic mass is 10.2. The summed E-state index contributed by atoms with van der Waals surface area (Å²) in [6.45, 7) is 1.84. The molecule has 1 aliphatic heterocycles. The molecule has 0 fully saturated rings. The molecule has 18 heavy (non-hydrogen) atoms. The van der Waals surface area contributed by atoms with Crippen LogP contribution in [0, 0.1) is 6.92 Å². The normalized spacial score (nSPS) is 19.1. The standard InChI is InChI=1S/C11H8ClN3O2S/c1-6-8-4-7(12)2-3-9(8)15(13-6)11-5-10(16)14-18(11)17/h2-5H,1H3,(H,14,16). The van der Waals surface area contributed by atoms with Crippen LogP contribution in [-0.2, 0) is 15.8 Å². The van der Waals surface area contributed by atoms with Gasteiger partial charge in [-0.15, -0.1) is 0 Å². The summed E-state index contributed by atoms with van der Waals surface area (Å²) < 4.78 is 15.5. The fraction of sp³-hybridized carbons (Fsp3) is 0.0909. The molecule has 0 radical (unpaired) electrons. The van der Waals surface area contributed by atoms with Gasteiger partial charge in [0.25, 0.3) is 5.91 Å². The number of rotatable bonds is 1. The molecule has 1 N–H and O–H groups in total. The minimum atomic E-state index is -1.56. The summed E-state index contributed by atoms with van der Waals surface area (Å²) in [6, 6.07) is 5.32. The average Bonchev–Trinajstić information content (AvgIpc) is 2.80. The first-order valence-corrected chi connectivity index (χ1v) is 6.68. The summed E-state index contributed by atoms with van der Waals surface area (Å²) in [6.07, 6.45) is 1.29. The van der Waals surface area contributed by atoms with Crippen LogP contribution in [0.2, 0.25) is 5.02 Å². The van der Waals surface area contributed by atoms with Crippen molar-refractivity contribution in [2.24, 2.45) is 0 Å². The van der Waals surface area contributed by atoms with E-state index in [0.717, 1.165) is 16.6 Å². The van der Waals surface area contributed by atoms with E-state index in [-0.39, 0.29) is 5.91 Å². The molecule has 7 heteroatoms. The summed E-state index contributed by atoms with van der Waals surface area (Å²) in [5, 5.41) is 6.12. The van der Waals surface area contributed by atoms with Gasteiger partial charge >= 0.3 is 0 Å². The number of hydrogen-bond acceptors (Lipinski definition) is 3. The number of hydrogen-bond donors (Lipinski definition) is 1. The molecule has 1 aliphatic rings. The largest absolute Gasteiger partial charge is 0.269 e. The number of nitrogens with zero attached hydrogens (tertiary/aromatic N) is 2. The number of carbonyl (C=O) groups excluding carboxylic acids is 1. The summed E-state index contributed by atoms with van der Waals surface area (Å²) in [5.41, 5.74) is 1.54. The second-order valence-corrected chi connectivity index (χ2v) is 5.47. The lowest BCUT2D eigenvalue weighted by molar-refractivity contribution is -0.114. The number of aromatic nitrogens is 2. The van der Waals surface area contributed by atoms with Gasteiger partial charge in [-0.3, -0.25) is 9.52 Å². The van der Waals surface area contributed by atoms with Crippen LogP contribution >= 0.6 is 11.6 Å². The Kier molecular flexibility index (Phi) is 2.49. The monoisotopic (exact) mass is 281 g/mol. The molecule has 1 amide bonds. The fourth-order valence-electron chi connectivity index (χ4n) is 1.89. The number of nitrogens with one attached hydrogen (secondary N) is 1. The molecule has 2 heterocycles. The van der Waals surface area contributed by atoms with Gasteiger partial charge in [-0.1, -0.05) is 11.6 Å². The number of benzene rings is 1. The van der Waals surface area contributed by atoms with Crippen molar-refractivity contribution in [3.05, 3.63) is 35.0 Å². The van der Waals surface area contributed by atoms with Crippen molar-refractivity contribution in [3.63, 3.8) is 0 Å². The summed E-state index contributed by atoms with van der Waals surface area (Å²) >= 11 is 5.93. The Balaban J connectivity index is 2.28. The number of carbonyl (C=O) groups is 1. The lowest BCUT2D eigenvalue weighted by Gasteiger charge is -2.02. The quantitative estimate of drug-likeness (QED) is 0.863. The molecule has 0 bridgehead atoms. The summed E-state index contributed by atoms with van der Waals surface area (Å²) in [7, 11) is -1.56. The Morgan fingerprint density at radius 1 is 1.44 bits per heavy atom. The molecule has 1 unspecified atom stereocenters. The minimum absolute atomic E-state index is 0.334. The molecule has 5 nitrogen and oxygen atoms in total. The van der Waals surface area contributed by atoms with Crippen molar-refractivity contribution >= 4 is 44.4 Å². The second-order valence-electron chi connectivity index (χ2n) is 3.88. The van der Waals surface area contributed by atoms with Gasteiger partial charge in [-0.05, 0) is 25.1 Å². The van der Waals surface area contributed by atoms with Crippen LogP contribution < -0.4 is 4.72 Å². The molecular formula is C11H8ClN3O2S. The Bertz CT molecular complexity index is 735. The van der Waals surface area contributed by atoms with Gasteiger partial charge in [0, 0.05) is 16.5 Å². The van der Waals surface area contributed by atoms with Gasteiger partial charge in [0.15, 0.2) is 16.0 Å². The number of fused-ring (bicyclic) bond motifs is 1. The van der Waals surface area contributed by atoms with E-state index >= 15 is 0 Å². The zero-order valence-corrected chi connectivity index (χ0v) is 10.9. The van der Waals surface area contributed by atoms with Crippen LogP contribution in [0.25, 0.3) is 15.9 Å². The minimum Gasteiger partial charge on any atom is -0.269 e. The van der Waals surface area contributed by atoms with E-state index in [1.807, 2.05) is 6.92 Å². The highest BCUT2D eigenvalue weighted by Gasteiger charge is 2.23. The molecule has 3 rings (SSSR count). The maximum absolute atomic E-state index is 11.7. The Labute approximate surface area is 110 Å². The second kappa shape index (κ2) is 3.93. The molecular weight excluding hydrogens is 274 g/mol. The molecule has 92 valence electrons. The molecule has 0 spiro atoms. The molecule has 1 aromatic carbocycles. The topological polar surface area (TPSA) is 64.0 Å². The van der Waals surface area contributed by atoms with Crippen LogP contribution in [0.15, 0.2) is 24.3 Å². The average molecular weight is 282 g/mol. The van der Waals surface area contributed by atoms with E-state index in [0.29, 0.717) is 10.1 Å². The molecule has 0 saturated carbocycles. The first-order chi connectivity index (χ1) is 8.56. The van der Waals surface area contributed by atoms with Crippen LogP contribution in [0.4, 0.5) is 0 Å². The number of amides is 1. The van der Waals surface area contributed by atoms with E-state index in [4.69, 9.17) is 11.6 Å². The van der Waals surface area contributed by atoms with Gasteiger partial charge in [-0.2, -0.15) is 5.10 Å². The number of halogens is 1. The van der Waals surface area contributed by atoms with Crippen LogP contribution in [0.5, 0.6) is 0 Å². The maximum atomic E-state index is 11.7. The third kappa shape index (κ3) is 1.65. The van der Waals surface area contributed by atoms with Gasteiger partial charge in [0.05, 0.1) is 11.2 Å². The first-order valence-electron chi connectivity index (χ1n) is 5.15. The molecule has 0 saturated heterocycles. The van der Waals surface area contributed by atoms with Crippen LogP contribution in [0.1, 0.15) is 5.69 Å². The van der Waals surface area contributed by atoms with Gasteiger partial charge in [0.1, 0.15) is 0 Å². The predicted octanol–water partition coefficient (Wildman–Crippen LogP) is 1.59. The highest BCUT2D eigenvalue weighted by Crippen LogP contribution is 2.26. The van der Waals surface area contributed by atoms with Crippen molar-refractivity contribution < 1.29 is 9.00 Å². The molecule has 1 atom stereocenters. The number of aryl methyl sites for hydroxylation is 1. The lowest BCUT2D eigenvalue weighted by Crippen LogP contribution is -2.17. The Morgan fingerprint density at radius 2 is 2.22 bits per heavy atom. The van der Waals surface area contributed by atoms with E-state index in [1.54, 1.807) is 18.2 Å².